The zero-order valence-electron chi connectivity index (χ0n) is 7.56. The summed E-state index contributed by atoms with van der Waals surface area (Å²) < 4.78 is 31.3. The Morgan fingerprint density at radius 1 is 1.46 bits per heavy atom. The van der Waals surface area contributed by atoms with Crippen LogP contribution in [0.15, 0.2) is 18.3 Å². The van der Waals surface area contributed by atoms with E-state index in [1.807, 2.05) is 13.0 Å². The molecule has 1 aromatic heterocycles. The minimum atomic E-state index is -3.95. The molecule has 0 aliphatic carbocycles. The van der Waals surface area contributed by atoms with Crippen LogP contribution >= 0.6 is 0 Å². The Morgan fingerprint density at radius 3 is 2.62 bits per heavy atom. The number of pyridine rings is 1. The number of aryl methyl sites for hydroxylation is 1. The molecule has 1 rings (SSSR count). The van der Waals surface area contributed by atoms with Gasteiger partial charge in [-0.3, -0.25) is 4.55 Å². The maximum atomic E-state index is 10.6. The quantitative estimate of drug-likeness (QED) is 0.559. The monoisotopic (exact) mass is 202 g/mol. The first-order valence-corrected chi connectivity index (χ1v) is 5.42. The van der Waals surface area contributed by atoms with Gasteiger partial charge >= 0.3 is 10.1 Å². The lowest BCUT2D eigenvalue weighted by molar-refractivity contribution is -0.684. The van der Waals surface area contributed by atoms with Crippen LogP contribution in [0.3, 0.4) is 0 Å². The van der Waals surface area contributed by atoms with Gasteiger partial charge in [0.05, 0.1) is 0 Å². The Kier molecular flexibility index (Phi) is 2.68. The van der Waals surface area contributed by atoms with Crippen LogP contribution in [-0.2, 0) is 16.0 Å². The molecule has 1 N–H and O–H groups in total. The predicted molar refractivity (Wildman–Crippen MR) is 47.7 cm³/mol. The number of nitrogens with zero attached hydrogens (tertiary/aromatic N) is 1. The van der Waals surface area contributed by atoms with Crippen LogP contribution in [0.1, 0.15) is 11.3 Å². The summed E-state index contributed by atoms with van der Waals surface area (Å²) in [6.45, 7) is 3.69. The molecule has 72 valence electrons. The van der Waals surface area contributed by atoms with Crippen molar-refractivity contribution in [1.29, 1.82) is 0 Å². The Labute approximate surface area is 77.6 Å². The Balaban J connectivity index is 3.10. The van der Waals surface area contributed by atoms with E-state index in [4.69, 9.17) is 4.55 Å². The van der Waals surface area contributed by atoms with Gasteiger partial charge in [0.1, 0.15) is 0 Å². The van der Waals surface area contributed by atoms with Gasteiger partial charge in [0, 0.05) is 18.6 Å². The molecule has 5 heteroatoms. The number of rotatable bonds is 2. The largest absolute Gasteiger partial charge is 0.326 e. The fourth-order valence-corrected chi connectivity index (χ4v) is 1.70. The van der Waals surface area contributed by atoms with E-state index in [0.717, 1.165) is 11.3 Å². The van der Waals surface area contributed by atoms with Crippen molar-refractivity contribution in [3.8, 4) is 0 Å². The Morgan fingerprint density at radius 2 is 2.08 bits per heavy atom. The molecule has 0 bridgehead atoms. The van der Waals surface area contributed by atoms with Gasteiger partial charge in [-0.15, -0.1) is 0 Å². The molecule has 0 spiro atoms. The van der Waals surface area contributed by atoms with Crippen LogP contribution in [0.2, 0.25) is 0 Å². The van der Waals surface area contributed by atoms with E-state index >= 15 is 0 Å². The van der Waals surface area contributed by atoms with Gasteiger partial charge in [0.15, 0.2) is 11.9 Å². The van der Waals surface area contributed by atoms with E-state index in [0.29, 0.717) is 0 Å². The van der Waals surface area contributed by atoms with E-state index in [1.165, 1.54) is 4.57 Å². The highest BCUT2D eigenvalue weighted by Gasteiger charge is 2.15. The van der Waals surface area contributed by atoms with E-state index in [2.05, 4.69) is 0 Å². The van der Waals surface area contributed by atoms with E-state index in [9.17, 15) is 8.42 Å². The number of hydrogen-bond acceptors (Lipinski definition) is 2. The third-order valence-electron chi connectivity index (χ3n) is 1.92. The summed E-state index contributed by atoms with van der Waals surface area (Å²) in [5, 5.41) is 0. The molecule has 0 saturated heterocycles. The van der Waals surface area contributed by atoms with Crippen LogP contribution in [0, 0.1) is 13.8 Å². The van der Waals surface area contributed by atoms with Crippen molar-refractivity contribution in [2.75, 3.05) is 0 Å². The molecule has 0 aliphatic rings. The highest BCUT2D eigenvalue weighted by atomic mass is 32.2. The molecule has 1 aromatic rings. The zero-order valence-corrected chi connectivity index (χ0v) is 8.37. The van der Waals surface area contributed by atoms with Crippen molar-refractivity contribution in [1.82, 2.24) is 0 Å². The predicted octanol–water partition coefficient (Wildman–Crippen LogP) is 0.436. The van der Waals surface area contributed by atoms with Gasteiger partial charge in [-0.25, -0.2) is 0 Å². The van der Waals surface area contributed by atoms with Crippen molar-refractivity contribution in [2.24, 2.45) is 0 Å². The Hall–Kier alpha value is -0.940. The molecule has 4 nitrogen and oxygen atoms in total. The topological polar surface area (TPSA) is 58.2 Å². The van der Waals surface area contributed by atoms with Gasteiger partial charge in [0.25, 0.3) is 5.88 Å². The molecule has 0 unspecified atom stereocenters. The molecule has 0 radical (unpaired) electrons. The Bertz CT molecular complexity index is 411. The van der Waals surface area contributed by atoms with E-state index in [-0.39, 0.29) is 5.88 Å². The molecule has 0 saturated carbocycles. The second-order valence-corrected chi connectivity index (χ2v) is 4.38. The first kappa shape index (κ1) is 10.1. The molecule has 0 atom stereocenters. The summed E-state index contributed by atoms with van der Waals surface area (Å²) in [4.78, 5) is 0. The fourth-order valence-electron chi connectivity index (χ4n) is 1.07. The molecule has 13 heavy (non-hydrogen) atoms. The lowest BCUT2D eigenvalue weighted by Crippen LogP contribution is -2.40. The van der Waals surface area contributed by atoms with Gasteiger partial charge in [-0.2, -0.15) is 13.0 Å². The molecular weight excluding hydrogens is 190 g/mol. The summed E-state index contributed by atoms with van der Waals surface area (Å²) in [5.41, 5.74) is 1.83. The van der Waals surface area contributed by atoms with Crippen molar-refractivity contribution in [3.63, 3.8) is 0 Å². The molecular formula is C8H12NO3S+. The van der Waals surface area contributed by atoms with Gasteiger partial charge in [-0.05, 0) is 13.0 Å². The summed E-state index contributed by atoms with van der Waals surface area (Å²) in [5.74, 6) is -0.388. The summed E-state index contributed by atoms with van der Waals surface area (Å²) in [7, 11) is -3.95. The normalized spacial score (nSPS) is 11.6. The van der Waals surface area contributed by atoms with E-state index in [1.54, 1.807) is 19.2 Å². The zero-order chi connectivity index (χ0) is 10.1. The van der Waals surface area contributed by atoms with Crippen molar-refractivity contribution in [2.45, 2.75) is 19.7 Å². The van der Waals surface area contributed by atoms with Crippen molar-refractivity contribution in [3.05, 3.63) is 29.6 Å². The molecule has 0 aromatic carbocycles. The molecule has 0 amide bonds. The summed E-state index contributed by atoms with van der Waals surface area (Å²) in [6, 6.07) is 3.63. The SMILES string of the molecule is Cc1ccc[n+](CS(=O)(=O)O)c1C. The lowest BCUT2D eigenvalue weighted by atomic mass is 10.2. The summed E-state index contributed by atoms with van der Waals surface area (Å²) >= 11 is 0. The van der Waals surface area contributed by atoms with E-state index < -0.39 is 10.1 Å². The van der Waals surface area contributed by atoms with Crippen LogP contribution in [0.25, 0.3) is 0 Å². The average Bonchev–Trinajstić information content (AvgIpc) is 1.96. The van der Waals surface area contributed by atoms with Crippen LogP contribution in [-0.4, -0.2) is 13.0 Å². The number of aromatic nitrogens is 1. The highest BCUT2D eigenvalue weighted by Crippen LogP contribution is 1.99. The average molecular weight is 202 g/mol. The maximum Gasteiger partial charge on any atom is 0.326 e. The van der Waals surface area contributed by atoms with Crippen LogP contribution in [0.4, 0.5) is 0 Å². The minimum Gasteiger partial charge on any atom is -0.281 e. The van der Waals surface area contributed by atoms with Crippen molar-refractivity contribution >= 4 is 10.1 Å². The maximum absolute atomic E-state index is 10.6. The molecule has 0 aliphatic heterocycles. The molecule has 1 heterocycles. The third-order valence-corrected chi connectivity index (χ3v) is 2.52. The highest BCUT2D eigenvalue weighted by molar-refractivity contribution is 7.84. The third kappa shape index (κ3) is 2.78. The smallest absolute Gasteiger partial charge is 0.281 e. The van der Waals surface area contributed by atoms with Gasteiger partial charge in [-0.1, -0.05) is 0 Å². The van der Waals surface area contributed by atoms with Crippen LogP contribution < -0.4 is 4.57 Å². The van der Waals surface area contributed by atoms with Gasteiger partial charge < -0.3 is 0 Å². The second-order valence-electron chi connectivity index (χ2n) is 2.96. The number of hydrogen-bond donors (Lipinski definition) is 1. The van der Waals surface area contributed by atoms with Crippen molar-refractivity contribution < 1.29 is 17.5 Å². The van der Waals surface area contributed by atoms with Crippen LogP contribution in [0.5, 0.6) is 0 Å². The second kappa shape index (κ2) is 3.43. The van der Waals surface area contributed by atoms with Gasteiger partial charge in [0.2, 0.25) is 0 Å². The standard InChI is InChI=1S/C8H11NO3S/c1-7-4-3-5-9(8(7)2)6-13(10,11)12/h3-5H,6H2,1-2H3/p+1. The first-order valence-electron chi connectivity index (χ1n) is 3.81. The fraction of sp³-hybridized carbons (Fsp3) is 0.375. The lowest BCUT2D eigenvalue weighted by Gasteiger charge is -1.99. The molecule has 0 fully saturated rings. The summed E-state index contributed by atoms with van der Waals surface area (Å²) in [6.07, 6.45) is 1.62. The first-order chi connectivity index (χ1) is 5.90. The minimum absolute atomic E-state index is 0.388.